The molecule has 2 aromatic carbocycles. The summed E-state index contributed by atoms with van der Waals surface area (Å²) in [6, 6.07) is 11.8. The summed E-state index contributed by atoms with van der Waals surface area (Å²) >= 11 is 0. The Bertz CT molecular complexity index is 772. The SMILES string of the molecule is O=C(Cc1ccccc1)N[C@H](c1ccc(C(F)(F)F)cc1)P(=O)(O)O. The van der Waals surface area contributed by atoms with Gasteiger partial charge in [-0.1, -0.05) is 42.5 Å². The fourth-order valence-corrected chi connectivity index (χ4v) is 3.07. The maximum atomic E-state index is 12.6. The molecule has 0 aliphatic heterocycles. The molecule has 1 atom stereocenters. The first-order chi connectivity index (χ1) is 11.6. The van der Waals surface area contributed by atoms with Crippen LogP contribution in [0.25, 0.3) is 0 Å². The number of halogens is 3. The molecule has 0 spiro atoms. The summed E-state index contributed by atoms with van der Waals surface area (Å²) in [5.74, 6) is -2.37. The summed E-state index contributed by atoms with van der Waals surface area (Å²) in [5.41, 5.74) is -0.420. The van der Waals surface area contributed by atoms with E-state index >= 15 is 0 Å². The Labute approximate surface area is 141 Å². The quantitative estimate of drug-likeness (QED) is 0.703. The summed E-state index contributed by atoms with van der Waals surface area (Å²) < 4.78 is 49.4. The first-order valence-electron chi connectivity index (χ1n) is 7.13. The second-order valence-electron chi connectivity index (χ2n) is 5.34. The van der Waals surface area contributed by atoms with Crippen LogP contribution in [0.3, 0.4) is 0 Å². The van der Waals surface area contributed by atoms with Gasteiger partial charge in [0.2, 0.25) is 5.91 Å². The highest BCUT2D eigenvalue weighted by Gasteiger charge is 2.34. The van der Waals surface area contributed by atoms with Gasteiger partial charge >= 0.3 is 13.8 Å². The molecule has 5 nitrogen and oxygen atoms in total. The molecular formula is C16H15F3NO4P. The van der Waals surface area contributed by atoms with Gasteiger partial charge in [-0.05, 0) is 23.3 Å². The predicted octanol–water partition coefficient (Wildman–Crippen LogP) is 3.24. The Morgan fingerprint density at radius 3 is 2.08 bits per heavy atom. The summed E-state index contributed by atoms with van der Waals surface area (Å²) in [6.45, 7) is 0. The summed E-state index contributed by atoms with van der Waals surface area (Å²) in [4.78, 5) is 30.9. The third-order valence-electron chi connectivity index (χ3n) is 3.40. The van der Waals surface area contributed by atoms with Crippen molar-refractivity contribution < 1.29 is 32.3 Å². The molecule has 2 aromatic rings. The van der Waals surface area contributed by atoms with Crippen LogP contribution < -0.4 is 5.32 Å². The number of hydrogen-bond donors (Lipinski definition) is 3. The fourth-order valence-electron chi connectivity index (χ4n) is 2.20. The molecule has 0 saturated heterocycles. The van der Waals surface area contributed by atoms with Crippen LogP contribution in [0, 0.1) is 0 Å². The number of amides is 1. The molecule has 0 heterocycles. The lowest BCUT2D eigenvalue weighted by Gasteiger charge is -2.21. The van der Waals surface area contributed by atoms with E-state index in [0.29, 0.717) is 17.7 Å². The van der Waals surface area contributed by atoms with Crippen molar-refractivity contribution in [3.8, 4) is 0 Å². The molecule has 0 bridgehead atoms. The second kappa shape index (κ2) is 7.39. The van der Waals surface area contributed by atoms with Gasteiger partial charge in [-0.15, -0.1) is 0 Å². The number of benzene rings is 2. The van der Waals surface area contributed by atoms with E-state index in [1.165, 1.54) is 0 Å². The molecule has 3 N–H and O–H groups in total. The zero-order valence-electron chi connectivity index (χ0n) is 12.8. The van der Waals surface area contributed by atoms with Crippen LogP contribution in [0.15, 0.2) is 54.6 Å². The first-order valence-corrected chi connectivity index (χ1v) is 8.81. The van der Waals surface area contributed by atoms with Crippen LogP contribution in [0.5, 0.6) is 0 Å². The summed E-state index contributed by atoms with van der Waals surface area (Å²) in [6.07, 6.45) is -4.68. The fraction of sp³-hybridized carbons (Fsp3) is 0.188. The smallest absolute Gasteiger partial charge is 0.338 e. The van der Waals surface area contributed by atoms with Crippen molar-refractivity contribution in [2.24, 2.45) is 0 Å². The maximum absolute atomic E-state index is 12.6. The van der Waals surface area contributed by atoms with Crippen molar-refractivity contribution in [3.63, 3.8) is 0 Å². The summed E-state index contributed by atoms with van der Waals surface area (Å²) in [5, 5.41) is 2.20. The topological polar surface area (TPSA) is 86.6 Å². The zero-order chi connectivity index (χ0) is 18.7. The normalized spacial score (nSPS) is 13.3. The average molecular weight is 373 g/mol. The monoisotopic (exact) mass is 373 g/mol. The van der Waals surface area contributed by atoms with E-state index in [-0.39, 0.29) is 12.0 Å². The Balaban J connectivity index is 2.19. The van der Waals surface area contributed by atoms with Crippen LogP contribution in [0.1, 0.15) is 22.5 Å². The van der Waals surface area contributed by atoms with Gasteiger partial charge in [0.1, 0.15) is 0 Å². The second-order valence-corrected chi connectivity index (χ2v) is 7.04. The van der Waals surface area contributed by atoms with Gasteiger partial charge in [0.25, 0.3) is 0 Å². The lowest BCUT2D eigenvalue weighted by atomic mass is 10.1. The Hall–Kier alpha value is -2.15. The van der Waals surface area contributed by atoms with Crippen LogP contribution in [0.4, 0.5) is 13.2 Å². The third-order valence-corrected chi connectivity index (χ3v) is 4.50. The molecule has 0 fully saturated rings. The molecule has 0 aliphatic rings. The molecule has 0 unspecified atom stereocenters. The molecular weight excluding hydrogens is 358 g/mol. The predicted molar refractivity (Wildman–Crippen MR) is 84.5 cm³/mol. The van der Waals surface area contributed by atoms with E-state index in [4.69, 9.17) is 0 Å². The number of nitrogens with one attached hydrogen (secondary N) is 1. The number of carbonyl (C=O) groups excluding carboxylic acids is 1. The van der Waals surface area contributed by atoms with Crippen LogP contribution >= 0.6 is 7.60 Å². The first kappa shape index (κ1) is 19.2. The van der Waals surface area contributed by atoms with E-state index in [0.717, 1.165) is 12.1 Å². The summed E-state index contributed by atoms with van der Waals surface area (Å²) in [7, 11) is -4.83. The van der Waals surface area contributed by atoms with Crippen molar-refractivity contribution in [1.29, 1.82) is 0 Å². The minimum atomic E-state index is -4.83. The number of alkyl halides is 3. The van der Waals surface area contributed by atoms with Gasteiger partial charge in [0.05, 0.1) is 12.0 Å². The highest BCUT2D eigenvalue weighted by molar-refractivity contribution is 7.52. The molecule has 0 aromatic heterocycles. The van der Waals surface area contributed by atoms with Crippen molar-refractivity contribution in [1.82, 2.24) is 5.32 Å². The van der Waals surface area contributed by atoms with E-state index in [1.54, 1.807) is 30.3 Å². The van der Waals surface area contributed by atoms with E-state index < -0.39 is 31.0 Å². The lowest BCUT2D eigenvalue weighted by molar-refractivity contribution is -0.137. The van der Waals surface area contributed by atoms with Crippen LogP contribution in [-0.2, 0) is 22.0 Å². The lowest BCUT2D eigenvalue weighted by Crippen LogP contribution is -2.30. The highest BCUT2D eigenvalue weighted by atomic mass is 31.2. The van der Waals surface area contributed by atoms with Gasteiger partial charge in [-0.2, -0.15) is 13.2 Å². The number of carbonyl (C=O) groups is 1. The van der Waals surface area contributed by atoms with E-state index in [9.17, 15) is 32.3 Å². The molecule has 1 amide bonds. The van der Waals surface area contributed by atoms with Crippen LogP contribution in [0.2, 0.25) is 0 Å². The molecule has 2 rings (SSSR count). The zero-order valence-corrected chi connectivity index (χ0v) is 13.7. The molecule has 25 heavy (non-hydrogen) atoms. The largest absolute Gasteiger partial charge is 0.416 e. The van der Waals surface area contributed by atoms with E-state index in [2.05, 4.69) is 5.32 Å². The van der Waals surface area contributed by atoms with Gasteiger partial charge in [0, 0.05) is 0 Å². The molecule has 0 aliphatic carbocycles. The molecule has 0 saturated carbocycles. The van der Waals surface area contributed by atoms with E-state index in [1.807, 2.05) is 0 Å². The number of rotatable bonds is 5. The van der Waals surface area contributed by atoms with Crippen molar-refractivity contribution in [2.75, 3.05) is 0 Å². The Morgan fingerprint density at radius 1 is 1.04 bits per heavy atom. The average Bonchev–Trinajstić information content (AvgIpc) is 2.52. The van der Waals surface area contributed by atoms with Crippen molar-refractivity contribution in [2.45, 2.75) is 18.4 Å². The van der Waals surface area contributed by atoms with Crippen molar-refractivity contribution in [3.05, 3.63) is 71.3 Å². The molecule has 9 heteroatoms. The molecule has 0 radical (unpaired) electrons. The molecule has 134 valence electrons. The Kier molecular flexibility index (Phi) is 5.67. The third kappa shape index (κ3) is 5.42. The minimum absolute atomic E-state index is 0.109. The van der Waals surface area contributed by atoms with Crippen molar-refractivity contribution >= 4 is 13.5 Å². The van der Waals surface area contributed by atoms with Gasteiger partial charge < -0.3 is 15.1 Å². The minimum Gasteiger partial charge on any atom is -0.338 e. The van der Waals surface area contributed by atoms with Crippen LogP contribution in [-0.4, -0.2) is 15.7 Å². The Morgan fingerprint density at radius 2 is 1.60 bits per heavy atom. The highest BCUT2D eigenvalue weighted by Crippen LogP contribution is 2.50. The van der Waals surface area contributed by atoms with Gasteiger partial charge in [0.15, 0.2) is 5.78 Å². The van der Waals surface area contributed by atoms with Gasteiger partial charge in [-0.25, -0.2) is 0 Å². The number of hydrogen-bond acceptors (Lipinski definition) is 2. The maximum Gasteiger partial charge on any atom is 0.416 e. The standard InChI is InChI=1S/C16H15F3NO4P/c17-16(18,19)13-8-6-12(7-9-13)15(25(22,23)24)20-14(21)10-11-4-2-1-3-5-11/h1-9,15H,10H2,(H,20,21)(H2,22,23,24)/t15-/m0/s1. The van der Waals surface area contributed by atoms with Gasteiger partial charge in [-0.3, -0.25) is 9.36 Å².